The molecular formula is C11H18N2O2. The van der Waals surface area contributed by atoms with E-state index in [1.165, 1.54) is 18.5 Å². The van der Waals surface area contributed by atoms with Crippen LogP contribution in [0.3, 0.4) is 0 Å². The molecule has 1 aromatic rings. The molecule has 1 aromatic heterocycles. The van der Waals surface area contributed by atoms with Crippen molar-refractivity contribution >= 4 is 0 Å². The lowest BCUT2D eigenvalue weighted by atomic mass is 10.2. The maximum absolute atomic E-state index is 5.48. The molecule has 1 N–H and O–H groups in total. The van der Waals surface area contributed by atoms with E-state index < -0.39 is 0 Å². The summed E-state index contributed by atoms with van der Waals surface area (Å²) in [4.78, 5) is 0. The van der Waals surface area contributed by atoms with E-state index in [4.69, 9.17) is 9.47 Å². The fourth-order valence-corrected chi connectivity index (χ4v) is 1.60. The molecule has 0 spiro atoms. The average molecular weight is 210 g/mol. The third kappa shape index (κ3) is 2.58. The van der Waals surface area contributed by atoms with Crippen molar-refractivity contribution in [2.75, 3.05) is 13.2 Å². The molecule has 0 bridgehead atoms. The van der Waals surface area contributed by atoms with Crippen LogP contribution >= 0.6 is 0 Å². The van der Waals surface area contributed by atoms with Gasteiger partial charge in [0.15, 0.2) is 0 Å². The lowest BCUT2D eigenvalue weighted by Gasteiger charge is -2.13. The molecule has 4 heteroatoms. The number of ether oxygens (including phenoxy) is 2. The molecule has 0 atom stereocenters. The van der Waals surface area contributed by atoms with Gasteiger partial charge in [0.1, 0.15) is 5.69 Å². The maximum Gasteiger partial charge on any atom is 0.202 e. The van der Waals surface area contributed by atoms with Crippen LogP contribution in [0.25, 0.3) is 0 Å². The van der Waals surface area contributed by atoms with Crippen molar-refractivity contribution in [2.24, 2.45) is 0 Å². The van der Waals surface area contributed by atoms with Gasteiger partial charge in [-0.1, -0.05) is 0 Å². The number of nitrogens with zero attached hydrogens (tertiary/aromatic N) is 1. The molecule has 2 rings (SSSR count). The highest BCUT2D eigenvalue weighted by Crippen LogP contribution is 2.39. The minimum atomic E-state index is -0.316. The van der Waals surface area contributed by atoms with Gasteiger partial charge < -0.3 is 9.47 Å². The zero-order valence-electron chi connectivity index (χ0n) is 9.32. The number of H-pyrrole nitrogens is 1. The van der Waals surface area contributed by atoms with Crippen molar-refractivity contribution in [3.05, 3.63) is 17.5 Å². The van der Waals surface area contributed by atoms with Gasteiger partial charge in [-0.25, -0.2) is 0 Å². The quantitative estimate of drug-likeness (QED) is 0.733. The molecule has 1 fully saturated rings. The van der Waals surface area contributed by atoms with Crippen molar-refractivity contribution in [1.29, 1.82) is 0 Å². The Hall–Kier alpha value is -0.870. The summed E-state index contributed by atoms with van der Waals surface area (Å²) < 4.78 is 11.0. The topological polar surface area (TPSA) is 47.1 Å². The predicted octanol–water partition coefficient (Wildman–Crippen LogP) is 2.36. The highest BCUT2D eigenvalue weighted by atomic mass is 16.7. The van der Waals surface area contributed by atoms with Gasteiger partial charge in [-0.15, -0.1) is 0 Å². The molecule has 0 radical (unpaired) electrons. The monoisotopic (exact) mass is 210 g/mol. The van der Waals surface area contributed by atoms with Crippen LogP contribution in [0.15, 0.2) is 6.07 Å². The third-order valence-corrected chi connectivity index (χ3v) is 2.51. The first-order valence-corrected chi connectivity index (χ1v) is 5.63. The summed E-state index contributed by atoms with van der Waals surface area (Å²) in [5.74, 6) is 0.690. The summed E-state index contributed by atoms with van der Waals surface area (Å²) in [5, 5.41) is 7.29. The summed E-state index contributed by atoms with van der Waals surface area (Å²) in [5.41, 5.74) is 2.08. The van der Waals surface area contributed by atoms with E-state index >= 15 is 0 Å². The molecule has 84 valence electrons. The van der Waals surface area contributed by atoms with Gasteiger partial charge in [0.25, 0.3) is 0 Å². The highest BCUT2D eigenvalue weighted by molar-refractivity contribution is 5.18. The van der Waals surface area contributed by atoms with E-state index in [0.29, 0.717) is 19.1 Å². The molecular weight excluding hydrogens is 192 g/mol. The Balaban J connectivity index is 2.03. The first kappa shape index (κ1) is 10.6. The third-order valence-electron chi connectivity index (χ3n) is 2.51. The van der Waals surface area contributed by atoms with Gasteiger partial charge >= 0.3 is 0 Å². The van der Waals surface area contributed by atoms with Crippen LogP contribution in [0.2, 0.25) is 0 Å². The first-order chi connectivity index (χ1) is 7.35. The fourth-order valence-electron chi connectivity index (χ4n) is 1.60. The Bertz CT molecular complexity index is 301. The summed E-state index contributed by atoms with van der Waals surface area (Å²) in [7, 11) is 0. The number of aromatic nitrogens is 2. The highest BCUT2D eigenvalue weighted by Gasteiger charge is 2.27. The number of rotatable bonds is 6. The van der Waals surface area contributed by atoms with E-state index in [0.717, 1.165) is 5.69 Å². The summed E-state index contributed by atoms with van der Waals surface area (Å²) in [6, 6.07) is 2.06. The first-order valence-electron chi connectivity index (χ1n) is 5.63. The van der Waals surface area contributed by atoms with Gasteiger partial charge in [-0.3, -0.25) is 5.10 Å². The zero-order valence-corrected chi connectivity index (χ0v) is 9.32. The van der Waals surface area contributed by atoms with E-state index in [-0.39, 0.29) is 6.29 Å². The van der Waals surface area contributed by atoms with Crippen LogP contribution in [-0.4, -0.2) is 23.4 Å². The molecule has 1 heterocycles. The molecule has 0 aromatic carbocycles. The average Bonchev–Trinajstić information content (AvgIpc) is 2.97. The Morgan fingerprint density at radius 3 is 2.60 bits per heavy atom. The van der Waals surface area contributed by atoms with E-state index in [1.807, 2.05) is 13.8 Å². The van der Waals surface area contributed by atoms with Crippen molar-refractivity contribution in [3.8, 4) is 0 Å². The minimum absolute atomic E-state index is 0.316. The van der Waals surface area contributed by atoms with Crippen LogP contribution in [-0.2, 0) is 9.47 Å². The van der Waals surface area contributed by atoms with Crippen molar-refractivity contribution < 1.29 is 9.47 Å². The van der Waals surface area contributed by atoms with Gasteiger partial charge in [0, 0.05) is 24.8 Å². The van der Waals surface area contributed by atoms with Crippen molar-refractivity contribution in [3.63, 3.8) is 0 Å². The number of nitrogens with one attached hydrogen (secondary N) is 1. The smallest absolute Gasteiger partial charge is 0.202 e. The van der Waals surface area contributed by atoms with Gasteiger partial charge in [-0.2, -0.15) is 5.10 Å². The molecule has 1 aliphatic rings. The molecule has 0 unspecified atom stereocenters. The van der Waals surface area contributed by atoms with Crippen LogP contribution < -0.4 is 0 Å². The van der Waals surface area contributed by atoms with E-state index in [1.54, 1.807) is 0 Å². The molecule has 0 amide bonds. The molecule has 0 aliphatic heterocycles. The Morgan fingerprint density at radius 1 is 1.40 bits per heavy atom. The molecule has 1 saturated carbocycles. The maximum atomic E-state index is 5.48. The Labute approximate surface area is 90.0 Å². The van der Waals surface area contributed by atoms with Crippen LogP contribution in [0, 0.1) is 0 Å². The summed E-state index contributed by atoms with van der Waals surface area (Å²) in [6.45, 7) is 5.19. The SMILES string of the molecule is CCOC(OCC)c1cc(C2CC2)[nH]n1. The minimum Gasteiger partial charge on any atom is -0.347 e. The Kier molecular flexibility index (Phi) is 3.38. The number of hydrogen-bond acceptors (Lipinski definition) is 3. The second-order valence-corrected chi connectivity index (χ2v) is 3.77. The second-order valence-electron chi connectivity index (χ2n) is 3.77. The van der Waals surface area contributed by atoms with Crippen LogP contribution in [0.5, 0.6) is 0 Å². The van der Waals surface area contributed by atoms with Crippen molar-refractivity contribution in [1.82, 2.24) is 10.2 Å². The van der Waals surface area contributed by atoms with Crippen molar-refractivity contribution in [2.45, 2.75) is 38.9 Å². The van der Waals surface area contributed by atoms with Gasteiger partial charge in [0.2, 0.25) is 6.29 Å². The van der Waals surface area contributed by atoms with Gasteiger partial charge in [-0.05, 0) is 32.8 Å². The molecule has 15 heavy (non-hydrogen) atoms. The van der Waals surface area contributed by atoms with E-state index in [2.05, 4.69) is 16.3 Å². The Morgan fingerprint density at radius 2 is 2.07 bits per heavy atom. The molecule has 4 nitrogen and oxygen atoms in total. The van der Waals surface area contributed by atoms with Crippen LogP contribution in [0.4, 0.5) is 0 Å². The second kappa shape index (κ2) is 4.77. The summed E-state index contributed by atoms with van der Waals surface area (Å²) in [6.07, 6.45) is 2.23. The largest absolute Gasteiger partial charge is 0.347 e. The molecule has 0 saturated heterocycles. The van der Waals surface area contributed by atoms with E-state index in [9.17, 15) is 0 Å². The number of hydrogen-bond donors (Lipinski definition) is 1. The van der Waals surface area contributed by atoms with Gasteiger partial charge in [0.05, 0.1) is 0 Å². The normalized spacial score (nSPS) is 16.2. The fraction of sp³-hybridized carbons (Fsp3) is 0.727. The standard InChI is InChI=1S/C11H18N2O2/c1-3-14-11(15-4-2)10-7-9(12-13-10)8-5-6-8/h7-8,11H,3-6H2,1-2H3,(H,12,13). The molecule has 1 aliphatic carbocycles. The van der Waals surface area contributed by atoms with Crippen LogP contribution in [0.1, 0.15) is 50.3 Å². The zero-order chi connectivity index (χ0) is 10.7. The predicted molar refractivity (Wildman–Crippen MR) is 56.6 cm³/mol. The summed E-state index contributed by atoms with van der Waals surface area (Å²) >= 11 is 0. The number of aromatic amines is 1. The lowest BCUT2D eigenvalue weighted by Crippen LogP contribution is -2.09. The lowest BCUT2D eigenvalue weighted by molar-refractivity contribution is -0.142.